The van der Waals surface area contributed by atoms with Crippen LogP contribution in [0.15, 0.2) is 46.4 Å². The molecule has 0 aliphatic heterocycles. The van der Waals surface area contributed by atoms with Crippen LogP contribution < -0.4 is 5.43 Å². The van der Waals surface area contributed by atoms with Gasteiger partial charge in [-0.25, -0.2) is 5.43 Å². The Morgan fingerprint density at radius 2 is 2.37 bits per heavy atom. The molecular weight excluding hydrogens is 256 g/mol. The highest BCUT2D eigenvalue weighted by atomic mass is 32.1. The second-order valence-corrected chi connectivity index (χ2v) is 5.79. The maximum absolute atomic E-state index is 11.8. The van der Waals surface area contributed by atoms with Crippen LogP contribution in [0.5, 0.6) is 0 Å². The molecule has 0 saturated heterocycles. The van der Waals surface area contributed by atoms with Crippen LogP contribution >= 0.6 is 11.3 Å². The lowest BCUT2D eigenvalue weighted by atomic mass is 9.85. The topological polar surface area (TPSA) is 41.5 Å². The first-order chi connectivity index (χ1) is 9.08. The number of hydrogen-bond acceptors (Lipinski definition) is 3. The van der Waals surface area contributed by atoms with Gasteiger partial charge in [0.05, 0.1) is 10.6 Å². The summed E-state index contributed by atoms with van der Waals surface area (Å²) in [6.45, 7) is 8.08. The molecule has 19 heavy (non-hydrogen) atoms. The predicted octanol–water partition coefficient (Wildman–Crippen LogP) is 3.77. The van der Waals surface area contributed by atoms with Crippen LogP contribution in [0.1, 0.15) is 36.4 Å². The summed E-state index contributed by atoms with van der Waals surface area (Å²) in [5.41, 5.74) is 5.89. The van der Waals surface area contributed by atoms with Crippen molar-refractivity contribution in [2.45, 2.75) is 26.7 Å². The minimum absolute atomic E-state index is 0.146. The monoisotopic (exact) mass is 274 g/mol. The smallest absolute Gasteiger partial charge is 0.266 e. The summed E-state index contributed by atoms with van der Waals surface area (Å²) in [7, 11) is 0. The number of rotatable bonds is 3. The molecule has 1 aromatic heterocycles. The standard InChI is InChI=1S/C15H18N2OS/c1-10(2)12-7-6-11(3)13(9-12)16-17-15(18)14-5-4-8-19-14/h4-6,8,12H,1,7,9H2,2-3H3,(H,17,18)/b16-13+/t12-/m0/s1. The lowest BCUT2D eigenvalue weighted by molar-refractivity contribution is 0.0959. The van der Waals surface area contributed by atoms with E-state index in [4.69, 9.17) is 0 Å². The molecule has 100 valence electrons. The number of allylic oxidation sites excluding steroid dienone is 3. The molecular formula is C15H18N2OS. The van der Waals surface area contributed by atoms with Gasteiger partial charge in [-0.15, -0.1) is 11.3 Å². The van der Waals surface area contributed by atoms with E-state index in [1.807, 2.05) is 25.3 Å². The Labute approximate surface area is 117 Å². The number of hydrogen-bond donors (Lipinski definition) is 1. The Bertz CT molecular complexity index is 541. The zero-order valence-corrected chi connectivity index (χ0v) is 12.1. The SMILES string of the molecule is C=C(C)[C@H]1CC=C(C)/C(=N/NC(=O)c2cccs2)C1. The zero-order valence-electron chi connectivity index (χ0n) is 11.3. The third kappa shape index (κ3) is 3.41. The zero-order chi connectivity index (χ0) is 13.8. The van der Waals surface area contributed by atoms with Gasteiger partial charge in [0.2, 0.25) is 0 Å². The van der Waals surface area contributed by atoms with Crippen molar-refractivity contribution in [3.63, 3.8) is 0 Å². The first-order valence-electron chi connectivity index (χ1n) is 6.31. The van der Waals surface area contributed by atoms with Crippen molar-refractivity contribution in [1.29, 1.82) is 0 Å². The highest BCUT2D eigenvalue weighted by Gasteiger charge is 2.18. The summed E-state index contributed by atoms with van der Waals surface area (Å²) in [6, 6.07) is 3.65. The lowest BCUT2D eigenvalue weighted by Gasteiger charge is -2.22. The largest absolute Gasteiger partial charge is 0.281 e. The Morgan fingerprint density at radius 1 is 1.58 bits per heavy atom. The van der Waals surface area contributed by atoms with E-state index >= 15 is 0 Å². The van der Waals surface area contributed by atoms with Gasteiger partial charge in [0, 0.05) is 0 Å². The molecule has 3 nitrogen and oxygen atoms in total. The third-order valence-electron chi connectivity index (χ3n) is 3.34. The molecule has 0 saturated carbocycles. The van der Waals surface area contributed by atoms with E-state index in [0.29, 0.717) is 10.8 Å². The molecule has 1 aliphatic carbocycles. The molecule has 0 fully saturated rings. The van der Waals surface area contributed by atoms with Crippen molar-refractivity contribution in [1.82, 2.24) is 5.43 Å². The van der Waals surface area contributed by atoms with E-state index < -0.39 is 0 Å². The van der Waals surface area contributed by atoms with E-state index in [1.165, 1.54) is 16.9 Å². The second-order valence-electron chi connectivity index (χ2n) is 4.85. The molecule has 1 atom stereocenters. The minimum Gasteiger partial charge on any atom is -0.266 e. The molecule has 1 heterocycles. The van der Waals surface area contributed by atoms with E-state index in [9.17, 15) is 4.79 Å². The van der Waals surface area contributed by atoms with Crippen LogP contribution in [0.3, 0.4) is 0 Å². The molecule has 1 amide bonds. The van der Waals surface area contributed by atoms with Crippen LogP contribution in [0.2, 0.25) is 0 Å². The van der Waals surface area contributed by atoms with Gasteiger partial charge >= 0.3 is 0 Å². The number of carbonyl (C=O) groups is 1. The summed E-state index contributed by atoms with van der Waals surface area (Å²) >= 11 is 1.41. The van der Waals surface area contributed by atoms with Gasteiger partial charge < -0.3 is 0 Å². The van der Waals surface area contributed by atoms with Crippen LogP contribution in [0.4, 0.5) is 0 Å². The molecule has 0 bridgehead atoms. The maximum Gasteiger partial charge on any atom is 0.281 e. The molecule has 1 aromatic rings. The Kier molecular flexibility index (Phi) is 4.32. The molecule has 0 unspecified atom stereocenters. The Hall–Kier alpha value is -1.68. The van der Waals surface area contributed by atoms with Crippen LogP contribution in [0.25, 0.3) is 0 Å². The summed E-state index contributed by atoms with van der Waals surface area (Å²) in [6.07, 6.45) is 4.03. The van der Waals surface area contributed by atoms with E-state index in [2.05, 4.69) is 23.2 Å². The number of thiophene rings is 1. The fourth-order valence-electron chi connectivity index (χ4n) is 2.00. The van der Waals surface area contributed by atoms with Gasteiger partial charge in [0.1, 0.15) is 0 Å². The highest BCUT2D eigenvalue weighted by Crippen LogP contribution is 2.26. The van der Waals surface area contributed by atoms with Crippen molar-refractivity contribution in [2.75, 3.05) is 0 Å². The average molecular weight is 274 g/mol. The highest BCUT2D eigenvalue weighted by molar-refractivity contribution is 7.12. The minimum atomic E-state index is -0.146. The van der Waals surface area contributed by atoms with Crippen LogP contribution in [0, 0.1) is 5.92 Å². The summed E-state index contributed by atoms with van der Waals surface area (Å²) < 4.78 is 0. The fourth-order valence-corrected chi connectivity index (χ4v) is 2.62. The first kappa shape index (κ1) is 13.7. The normalized spacial score (nSPS) is 21.1. The van der Waals surface area contributed by atoms with Gasteiger partial charge in [-0.05, 0) is 49.6 Å². The molecule has 2 rings (SSSR count). The molecule has 1 N–H and O–H groups in total. The second kappa shape index (κ2) is 5.97. The third-order valence-corrected chi connectivity index (χ3v) is 4.21. The number of nitrogens with one attached hydrogen (secondary N) is 1. The van der Waals surface area contributed by atoms with Crippen molar-refractivity contribution in [3.8, 4) is 0 Å². The quantitative estimate of drug-likeness (QED) is 0.661. The van der Waals surface area contributed by atoms with Gasteiger partial charge in [0.15, 0.2) is 0 Å². The fraction of sp³-hybridized carbons (Fsp3) is 0.333. The summed E-state index contributed by atoms with van der Waals surface area (Å²) in [5, 5.41) is 6.15. The molecule has 0 aromatic carbocycles. The number of amides is 1. The van der Waals surface area contributed by atoms with Crippen molar-refractivity contribution < 1.29 is 4.79 Å². The molecule has 0 radical (unpaired) electrons. The lowest BCUT2D eigenvalue weighted by Crippen LogP contribution is -2.22. The van der Waals surface area contributed by atoms with E-state index in [0.717, 1.165) is 24.1 Å². The molecule has 0 spiro atoms. The number of hydrazone groups is 1. The summed E-state index contributed by atoms with van der Waals surface area (Å²) in [4.78, 5) is 12.5. The van der Waals surface area contributed by atoms with Crippen LogP contribution in [-0.2, 0) is 0 Å². The molecule has 4 heteroatoms. The number of nitrogens with zero attached hydrogens (tertiary/aromatic N) is 1. The van der Waals surface area contributed by atoms with Crippen molar-refractivity contribution in [2.24, 2.45) is 11.0 Å². The van der Waals surface area contributed by atoms with Gasteiger partial charge in [0.25, 0.3) is 5.91 Å². The van der Waals surface area contributed by atoms with Crippen LogP contribution in [-0.4, -0.2) is 11.6 Å². The van der Waals surface area contributed by atoms with Gasteiger partial charge in [-0.1, -0.05) is 24.3 Å². The Balaban J connectivity index is 2.06. The van der Waals surface area contributed by atoms with Crippen molar-refractivity contribution >= 4 is 23.0 Å². The van der Waals surface area contributed by atoms with Gasteiger partial charge in [-0.2, -0.15) is 5.10 Å². The predicted molar refractivity (Wildman–Crippen MR) is 80.5 cm³/mol. The maximum atomic E-state index is 11.8. The van der Waals surface area contributed by atoms with Gasteiger partial charge in [-0.3, -0.25) is 4.79 Å². The number of carbonyl (C=O) groups excluding carboxylic acids is 1. The van der Waals surface area contributed by atoms with E-state index in [1.54, 1.807) is 6.07 Å². The van der Waals surface area contributed by atoms with Crippen molar-refractivity contribution in [3.05, 3.63) is 46.2 Å². The first-order valence-corrected chi connectivity index (χ1v) is 7.19. The Morgan fingerprint density at radius 3 is 3.00 bits per heavy atom. The average Bonchev–Trinajstić information content (AvgIpc) is 2.91. The summed E-state index contributed by atoms with van der Waals surface area (Å²) in [5.74, 6) is 0.286. The van der Waals surface area contributed by atoms with E-state index in [-0.39, 0.29) is 5.91 Å². The molecule has 1 aliphatic rings.